The van der Waals surface area contributed by atoms with Crippen LogP contribution in [0.15, 0.2) is 17.7 Å². The van der Waals surface area contributed by atoms with Crippen molar-refractivity contribution < 1.29 is 72.7 Å². The fourth-order valence-electron chi connectivity index (χ4n) is 0.989. The van der Waals surface area contributed by atoms with Gasteiger partial charge in [0, 0.05) is 0 Å². The van der Waals surface area contributed by atoms with Crippen LogP contribution >= 0.6 is 0 Å². The van der Waals surface area contributed by atoms with Gasteiger partial charge in [0.15, 0.2) is 0 Å². The van der Waals surface area contributed by atoms with Crippen molar-refractivity contribution in [1.82, 2.24) is 0 Å². The Hall–Kier alpha value is 1.63. The minimum Gasteiger partial charge on any atom is -1.00 e. The summed E-state index contributed by atoms with van der Waals surface area (Å²) < 4.78 is 0. The summed E-state index contributed by atoms with van der Waals surface area (Å²) in [6, 6.07) is 0. The van der Waals surface area contributed by atoms with Gasteiger partial charge in [0.1, 0.15) is 0 Å². The summed E-state index contributed by atoms with van der Waals surface area (Å²) in [4.78, 5) is 0. The minimum absolute atomic E-state index is 0. The summed E-state index contributed by atoms with van der Waals surface area (Å²) in [6.07, 6.45) is 12.5. The summed E-state index contributed by atoms with van der Waals surface area (Å²) in [5.74, 6) is 0. The molecular weight excluding hydrogens is 396 g/mol. The van der Waals surface area contributed by atoms with Gasteiger partial charge in [-0.1, -0.05) is 26.2 Å². The molecule has 0 heterocycles. The first-order valence-corrected chi connectivity index (χ1v) is 3.69. The molecule has 0 bridgehead atoms. The van der Waals surface area contributed by atoms with Crippen LogP contribution in [0.3, 0.4) is 0 Å². The van der Waals surface area contributed by atoms with Crippen LogP contribution in [0.1, 0.15) is 32.6 Å². The van der Waals surface area contributed by atoms with Crippen molar-refractivity contribution in [3.8, 4) is 0 Å². The van der Waals surface area contributed by atoms with E-state index in [1.54, 1.807) is 0 Å². The number of hydrogen-bond donors (Lipinski definition) is 0. The molecule has 0 nitrogen and oxygen atoms in total. The number of allylic oxidation sites excluding steroid dienone is 4. The molecule has 13 heavy (non-hydrogen) atoms. The van der Waals surface area contributed by atoms with Crippen molar-refractivity contribution in [3.63, 3.8) is 0 Å². The minimum atomic E-state index is 0. The van der Waals surface area contributed by atoms with E-state index < -0.39 is 0 Å². The van der Waals surface area contributed by atoms with Gasteiger partial charge in [-0.25, -0.2) is 11.6 Å². The fourth-order valence-corrected chi connectivity index (χ4v) is 0.989. The van der Waals surface area contributed by atoms with Crippen LogP contribution in [0.25, 0.3) is 0 Å². The van der Waals surface area contributed by atoms with Gasteiger partial charge in [0.05, 0.1) is 0 Å². The van der Waals surface area contributed by atoms with Crippen LogP contribution in [0.5, 0.6) is 0 Å². The summed E-state index contributed by atoms with van der Waals surface area (Å²) >= 11 is 0. The number of hydrogen-bond acceptors (Lipinski definition) is 0. The number of unbranched alkanes of at least 4 members (excludes halogenated alkanes) is 1. The Labute approximate surface area is 128 Å². The number of rotatable bonds is 3. The molecule has 0 aromatic rings. The molecule has 0 aliphatic heterocycles. The van der Waals surface area contributed by atoms with Crippen molar-refractivity contribution in [3.05, 3.63) is 23.8 Å². The average molecular weight is 409 g/mol. The first-order chi connectivity index (χ1) is 4.43. The second-order valence-corrected chi connectivity index (χ2v) is 2.41. The zero-order valence-corrected chi connectivity index (χ0v) is 13.9. The molecule has 1 aliphatic carbocycles. The second-order valence-electron chi connectivity index (χ2n) is 2.41. The molecule has 0 N–H and O–H groups in total. The van der Waals surface area contributed by atoms with E-state index in [1.165, 1.54) is 24.8 Å². The van der Waals surface area contributed by atoms with Gasteiger partial charge in [-0.3, -0.25) is 6.08 Å². The molecule has 0 aromatic carbocycles. The Kier molecular flexibility index (Phi) is 29.8. The molecule has 0 saturated carbocycles. The Bertz CT molecular complexity index is 144. The molecule has 1 aliphatic rings. The maximum absolute atomic E-state index is 3.30. The maximum Gasteiger partial charge on any atom is 4.00 e. The molecule has 0 fully saturated rings. The van der Waals surface area contributed by atoms with Crippen LogP contribution in [0.4, 0.5) is 0 Å². The fraction of sp³-hybridized carbons (Fsp3) is 0.556. The van der Waals surface area contributed by atoms with Crippen LogP contribution in [-0.2, 0) is 21.7 Å². The van der Waals surface area contributed by atoms with Gasteiger partial charge >= 0.3 is 21.7 Å². The predicted octanol–water partition coefficient (Wildman–Crippen LogP) is -6.12. The summed E-state index contributed by atoms with van der Waals surface area (Å²) in [5.41, 5.74) is 1.41. The van der Waals surface area contributed by atoms with Crippen molar-refractivity contribution in [1.29, 1.82) is 0 Å². The van der Waals surface area contributed by atoms with E-state index in [1.807, 2.05) is 0 Å². The van der Waals surface area contributed by atoms with Crippen LogP contribution < -0.4 is 50.9 Å². The van der Waals surface area contributed by atoms with Gasteiger partial charge in [-0.15, -0.1) is 6.42 Å². The van der Waals surface area contributed by atoms with Crippen molar-refractivity contribution in [2.45, 2.75) is 32.6 Å². The molecule has 0 unspecified atom stereocenters. The van der Waals surface area contributed by atoms with Gasteiger partial charge < -0.3 is 50.9 Å². The monoisotopic (exact) mass is 406 g/mol. The predicted molar refractivity (Wildman–Crippen MR) is 40.0 cm³/mol. The van der Waals surface area contributed by atoms with E-state index in [2.05, 4.69) is 25.2 Å². The molecule has 0 spiro atoms. The molecular formula is C9H13Br3Ti. The molecule has 0 saturated heterocycles. The van der Waals surface area contributed by atoms with Crippen LogP contribution in [0, 0.1) is 6.08 Å². The Morgan fingerprint density at radius 3 is 2.31 bits per heavy atom. The first-order valence-electron chi connectivity index (χ1n) is 3.69. The van der Waals surface area contributed by atoms with Gasteiger partial charge in [0.25, 0.3) is 0 Å². The van der Waals surface area contributed by atoms with Gasteiger partial charge in [0.2, 0.25) is 0 Å². The van der Waals surface area contributed by atoms with Gasteiger partial charge in [-0.2, -0.15) is 6.08 Å². The third-order valence-electron chi connectivity index (χ3n) is 1.57. The third-order valence-corrected chi connectivity index (χ3v) is 1.57. The molecule has 0 amide bonds. The zero-order chi connectivity index (χ0) is 6.53. The van der Waals surface area contributed by atoms with Crippen molar-refractivity contribution >= 4 is 0 Å². The van der Waals surface area contributed by atoms with Crippen molar-refractivity contribution in [2.75, 3.05) is 0 Å². The Morgan fingerprint density at radius 1 is 1.31 bits per heavy atom. The summed E-state index contributed by atoms with van der Waals surface area (Å²) in [7, 11) is 0. The molecule has 74 valence electrons. The van der Waals surface area contributed by atoms with E-state index in [0.717, 1.165) is 6.42 Å². The standard InChI is InChI=1S/C9H13.3BrH.Ti/c1-2-3-6-9-7-4-5-8-9;;;;/h4,7H,2-3,5-6H2,1H3;3*1H;/q-1;;;;+4/p-3. The van der Waals surface area contributed by atoms with E-state index >= 15 is 0 Å². The molecule has 0 radical (unpaired) electrons. The second kappa shape index (κ2) is 16.1. The first kappa shape index (κ1) is 24.1. The Morgan fingerprint density at radius 2 is 1.92 bits per heavy atom. The smallest absolute Gasteiger partial charge is 1.00 e. The largest absolute Gasteiger partial charge is 4.00 e. The maximum atomic E-state index is 3.30. The molecule has 0 atom stereocenters. The van der Waals surface area contributed by atoms with E-state index in [9.17, 15) is 0 Å². The van der Waals surface area contributed by atoms with Crippen LogP contribution in [-0.4, -0.2) is 0 Å². The van der Waals surface area contributed by atoms with Gasteiger partial charge in [-0.05, 0) is 0 Å². The molecule has 4 heteroatoms. The van der Waals surface area contributed by atoms with E-state index in [4.69, 9.17) is 0 Å². The average Bonchev–Trinajstić information content (AvgIpc) is 2.34. The third kappa shape index (κ3) is 11.6. The zero-order valence-electron chi connectivity index (χ0n) is 7.62. The molecule has 0 aromatic heterocycles. The molecule has 1 rings (SSSR count). The summed E-state index contributed by atoms with van der Waals surface area (Å²) in [6.45, 7) is 2.22. The summed E-state index contributed by atoms with van der Waals surface area (Å²) in [5, 5.41) is 0. The van der Waals surface area contributed by atoms with E-state index in [-0.39, 0.29) is 72.7 Å². The van der Waals surface area contributed by atoms with Crippen molar-refractivity contribution in [2.24, 2.45) is 0 Å². The number of halogens is 3. The normalized spacial score (nSPS) is 11.3. The van der Waals surface area contributed by atoms with Crippen LogP contribution in [0.2, 0.25) is 0 Å². The van der Waals surface area contributed by atoms with E-state index in [0.29, 0.717) is 0 Å². The quantitative estimate of drug-likeness (QED) is 0.322. The Balaban J connectivity index is -0.000000101. The topological polar surface area (TPSA) is 0 Å². The SMILES string of the molecule is CCCCC1=[C-]CC=C1.[Br-].[Br-].[Br-].[Ti+4].